The van der Waals surface area contributed by atoms with Crippen molar-refractivity contribution in [3.05, 3.63) is 29.3 Å². The van der Waals surface area contributed by atoms with Crippen LogP contribution in [0, 0.1) is 6.92 Å². The molecule has 0 saturated carbocycles. The van der Waals surface area contributed by atoms with Crippen LogP contribution < -0.4 is 5.32 Å². The zero-order chi connectivity index (χ0) is 14.6. The lowest BCUT2D eigenvalue weighted by molar-refractivity contribution is -0.136. The van der Waals surface area contributed by atoms with Crippen molar-refractivity contribution >= 4 is 11.6 Å². The van der Waals surface area contributed by atoms with Gasteiger partial charge in [0.2, 0.25) is 0 Å². The second kappa shape index (κ2) is 5.95. The van der Waals surface area contributed by atoms with Crippen LogP contribution in [-0.2, 0) is 0 Å². The fourth-order valence-electron chi connectivity index (χ4n) is 1.65. The number of hydrogen-bond acceptors (Lipinski definition) is 2. The molecule has 0 radical (unpaired) electrons. The van der Waals surface area contributed by atoms with Gasteiger partial charge in [0, 0.05) is 26.3 Å². The van der Waals surface area contributed by atoms with Gasteiger partial charge in [-0.3, -0.25) is 4.79 Å². The Kier molecular flexibility index (Phi) is 4.80. The summed E-state index contributed by atoms with van der Waals surface area (Å²) < 4.78 is 36.4. The van der Waals surface area contributed by atoms with Crippen LogP contribution in [0.3, 0.4) is 0 Å². The van der Waals surface area contributed by atoms with Crippen LogP contribution in [0.5, 0.6) is 0 Å². The van der Waals surface area contributed by atoms with Crippen molar-refractivity contribution in [2.24, 2.45) is 0 Å². The maximum absolute atomic E-state index is 12.1. The number of nitrogens with zero attached hydrogens (tertiary/aromatic N) is 1. The first-order valence-electron chi connectivity index (χ1n) is 5.85. The number of anilines is 1. The van der Waals surface area contributed by atoms with Gasteiger partial charge >= 0.3 is 6.18 Å². The van der Waals surface area contributed by atoms with Gasteiger partial charge in [-0.1, -0.05) is 6.07 Å². The second-order valence-corrected chi connectivity index (χ2v) is 4.39. The number of benzene rings is 1. The van der Waals surface area contributed by atoms with Crippen LogP contribution in [-0.4, -0.2) is 37.6 Å². The lowest BCUT2D eigenvalue weighted by Gasteiger charge is -2.20. The van der Waals surface area contributed by atoms with Crippen LogP contribution >= 0.6 is 0 Å². The minimum atomic E-state index is -4.26. The Hall–Kier alpha value is -1.72. The van der Waals surface area contributed by atoms with E-state index in [0.29, 0.717) is 11.3 Å². The Balaban J connectivity index is 2.82. The molecule has 0 unspecified atom stereocenters. The zero-order valence-electron chi connectivity index (χ0n) is 11.1. The maximum Gasteiger partial charge on any atom is 0.390 e. The van der Waals surface area contributed by atoms with E-state index in [1.165, 1.54) is 7.05 Å². The normalized spacial score (nSPS) is 11.3. The summed E-state index contributed by atoms with van der Waals surface area (Å²) in [7, 11) is 3.04. The number of alkyl halides is 3. The molecule has 0 aliphatic rings. The van der Waals surface area contributed by atoms with Crippen LogP contribution in [0.15, 0.2) is 18.2 Å². The average molecular weight is 274 g/mol. The highest BCUT2D eigenvalue weighted by molar-refractivity contribution is 5.99. The van der Waals surface area contributed by atoms with Gasteiger partial charge in [0.1, 0.15) is 0 Å². The van der Waals surface area contributed by atoms with E-state index in [9.17, 15) is 18.0 Å². The molecule has 1 aromatic rings. The molecule has 0 aliphatic carbocycles. The Morgan fingerprint density at radius 3 is 2.53 bits per heavy atom. The molecule has 1 N–H and O–H groups in total. The van der Waals surface area contributed by atoms with Crippen LogP contribution in [0.1, 0.15) is 22.3 Å². The highest BCUT2D eigenvalue weighted by atomic mass is 19.4. The molecule has 0 saturated heterocycles. The molecule has 1 amide bonds. The average Bonchev–Trinajstić information content (AvgIpc) is 2.34. The molecule has 1 rings (SSSR count). The van der Waals surface area contributed by atoms with E-state index in [1.807, 2.05) is 6.92 Å². The van der Waals surface area contributed by atoms with Gasteiger partial charge in [0.05, 0.1) is 12.0 Å². The summed E-state index contributed by atoms with van der Waals surface area (Å²) in [6.07, 6.45) is -5.26. The Bertz CT molecular complexity index is 458. The molecule has 106 valence electrons. The van der Waals surface area contributed by atoms with E-state index in [-0.39, 0.29) is 6.54 Å². The largest absolute Gasteiger partial charge is 0.390 e. The van der Waals surface area contributed by atoms with E-state index in [4.69, 9.17) is 0 Å². The van der Waals surface area contributed by atoms with Crippen LogP contribution in [0.4, 0.5) is 18.9 Å². The van der Waals surface area contributed by atoms with Crippen LogP contribution in [0.25, 0.3) is 0 Å². The second-order valence-electron chi connectivity index (χ2n) is 4.39. The lowest BCUT2D eigenvalue weighted by Crippen LogP contribution is -2.31. The summed E-state index contributed by atoms with van der Waals surface area (Å²) in [5.41, 5.74) is 1.96. The summed E-state index contributed by atoms with van der Waals surface area (Å²) >= 11 is 0. The van der Waals surface area contributed by atoms with Crippen LogP contribution in [0.2, 0.25) is 0 Å². The SMILES string of the molecule is CNc1cc(C)ccc1C(=O)N(C)CCC(F)(F)F. The van der Waals surface area contributed by atoms with Crippen molar-refractivity contribution in [1.29, 1.82) is 0 Å². The van der Waals surface area contributed by atoms with Gasteiger partial charge in [-0.25, -0.2) is 0 Å². The Morgan fingerprint density at radius 1 is 1.37 bits per heavy atom. The van der Waals surface area contributed by atoms with E-state index in [0.717, 1.165) is 10.5 Å². The molecular formula is C13H17F3N2O. The fraction of sp³-hybridized carbons (Fsp3) is 0.462. The number of amides is 1. The summed E-state index contributed by atoms with van der Waals surface area (Å²) in [5, 5.41) is 2.87. The van der Waals surface area contributed by atoms with Crippen molar-refractivity contribution in [2.75, 3.05) is 26.0 Å². The molecule has 1 aromatic carbocycles. The van der Waals surface area contributed by atoms with Crippen molar-refractivity contribution in [3.63, 3.8) is 0 Å². The first-order chi connectivity index (χ1) is 8.74. The first-order valence-corrected chi connectivity index (χ1v) is 5.85. The number of carbonyl (C=O) groups excluding carboxylic acids is 1. The third-order valence-corrected chi connectivity index (χ3v) is 2.75. The molecule has 0 spiro atoms. The summed E-state index contributed by atoms with van der Waals surface area (Å²) in [6, 6.07) is 5.16. The molecule has 0 heterocycles. The highest BCUT2D eigenvalue weighted by Gasteiger charge is 2.28. The molecule has 0 bridgehead atoms. The number of nitrogens with one attached hydrogen (secondary N) is 1. The molecule has 0 atom stereocenters. The molecule has 19 heavy (non-hydrogen) atoms. The Morgan fingerprint density at radius 2 is 2.00 bits per heavy atom. The van der Waals surface area contributed by atoms with Crippen molar-refractivity contribution in [2.45, 2.75) is 19.5 Å². The van der Waals surface area contributed by atoms with Gasteiger partial charge < -0.3 is 10.2 Å². The predicted molar refractivity (Wildman–Crippen MR) is 68.4 cm³/mol. The smallest absolute Gasteiger partial charge is 0.387 e. The van der Waals surface area contributed by atoms with Crippen molar-refractivity contribution < 1.29 is 18.0 Å². The van der Waals surface area contributed by atoms with Gasteiger partial charge in [0.15, 0.2) is 0 Å². The molecule has 0 aliphatic heterocycles. The van der Waals surface area contributed by atoms with E-state index >= 15 is 0 Å². The summed E-state index contributed by atoms with van der Waals surface area (Å²) in [6.45, 7) is 1.53. The number of carbonyl (C=O) groups is 1. The van der Waals surface area contributed by atoms with Crippen molar-refractivity contribution in [3.8, 4) is 0 Å². The Labute approximate surface area is 110 Å². The third-order valence-electron chi connectivity index (χ3n) is 2.75. The maximum atomic E-state index is 12.1. The number of hydrogen-bond donors (Lipinski definition) is 1. The van der Waals surface area contributed by atoms with E-state index < -0.39 is 18.5 Å². The quantitative estimate of drug-likeness (QED) is 0.915. The number of rotatable bonds is 4. The van der Waals surface area contributed by atoms with Crippen molar-refractivity contribution in [1.82, 2.24) is 4.90 Å². The highest BCUT2D eigenvalue weighted by Crippen LogP contribution is 2.22. The number of halogens is 3. The van der Waals surface area contributed by atoms with Gasteiger partial charge in [-0.15, -0.1) is 0 Å². The van der Waals surface area contributed by atoms with Gasteiger partial charge in [0.25, 0.3) is 5.91 Å². The topological polar surface area (TPSA) is 32.3 Å². The molecule has 0 aromatic heterocycles. The molecular weight excluding hydrogens is 257 g/mol. The van der Waals surface area contributed by atoms with Gasteiger partial charge in [-0.05, 0) is 24.6 Å². The molecule has 6 heteroatoms. The molecule has 3 nitrogen and oxygen atoms in total. The van der Waals surface area contributed by atoms with E-state index in [2.05, 4.69) is 5.32 Å². The summed E-state index contributed by atoms with van der Waals surface area (Å²) in [5.74, 6) is -0.423. The standard InChI is InChI=1S/C13H17F3N2O/c1-9-4-5-10(11(8-9)17-2)12(19)18(3)7-6-13(14,15)16/h4-5,8,17H,6-7H2,1-3H3. The zero-order valence-corrected chi connectivity index (χ0v) is 11.1. The minimum absolute atomic E-state index is 0.348. The minimum Gasteiger partial charge on any atom is -0.387 e. The van der Waals surface area contributed by atoms with E-state index in [1.54, 1.807) is 25.2 Å². The monoisotopic (exact) mass is 274 g/mol. The fourth-order valence-corrected chi connectivity index (χ4v) is 1.65. The third kappa shape index (κ3) is 4.46. The first kappa shape index (κ1) is 15.3. The number of aryl methyl sites for hydroxylation is 1. The lowest BCUT2D eigenvalue weighted by atomic mass is 10.1. The van der Waals surface area contributed by atoms with Gasteiger partial charge in [-0.2, -0.15) is 13.2 Å². The summed E-state index contributed by atoms with van der Waals surface area (Å²) in [4.78, 5) is 13.2. The molecule has 0 fully saturated rings. The predicted octanol–water partition coefficient (Wildman–Crippen LogP) is 3.06.